The van der Waals surface area contributed by atoms with Crippen LogP contribution in [0.15, 0.2) is 0 Å². The number of carbonyl (C=O) groups is 1. The third-order valence-corrected chi connectivity index (χ3v) is 2.01. The smallest absolute Gasteiger partial charge is 0.311 e. The van der Waals surface area contributed by atoms with Crippen LogP contribution < -0.4 is 10.6 Å². The van der Waals surface area contributed by atoms with Gasteiger partial charge < -0.3 is 4.74 Å². The van der Waals surface area contributed by atoms with Crippen molar-refractivity contribution < 1.29 is 9.53 Å². The van der Waals surface area contributed by atoms with Gasteiger partial charge in [-0.1, -0.05) is 0 Å². The van der Waals surface area contributed by atoms with Gasteiger partial charge in [0.15, 0.2) is 0 Å². The molecule has 1 unspecified atom stereocenters. The van der Waals surface area contributed by atoms with Gasteiger partial charge in [-0.2, -0.15) is 0 Å². The Hall–Kier alpha value is -0.610. The van der Waals surface area contributed by atoms with E-state index in [1.165, 1.54) is 0 Å². The third-order valence-electron chi connectivity index (χ3n) is 2.01. The van der Waals surface area contributed by atoms with E-state index in [1.807, 2.05) is 13.8 Å². The molecule has 1 atom stereocenters. The Bertz CT molecular complexity index is 155. The fourth-order valence-corrected chi connectivity index (χ4v) is 1.29. The van der Waals surface area contributed by atoms with Crippen LogP contribution in [0.25, 0.3) is 0 Å². The second-order valence-electron chi connectivity index (χ2n) is 2.93. The number of hydrogen-bond acceptors (Lipinski definition) is 4. The van der Waals surface area contributed by atoms with Crippen LogP contribution in [0.3, 0.4) is 0 Å². The fourth-order valence-electron chi connectivity index (χ4n) is 1.29. The number of ether oxygens (including phenoxy) is 1. The second-order valence-corrected chi connectivity index (χ2v) is 2.93. The minimum atomic E-state index is -0.135. The Morgan fingerprint density at radius 2 is 2.17 bits per heavy atom. The predicted octanol–water partition coefficient (Wildman–Crippen LogP) is -0.295. The van der Waals surface area contributed by atoms with Crippen LogP contribution in [0.5, 0.6) is 0 Å². The maximum Gasteiger partial charge on any atom is 0.311 e. The van der Waals surface area contributed by atoms with Crippen molar-refractivity contribution in [2.75, 3.05) is 19.7 Å². The molecule has 0 bridgehead atoms. The molecule has 1 saturated heterocycles. The first-order valence-corrected chi connectivity index (χ1v) is 4.39. The van der Waals surface area contributed by atoms with E-state index in [2.05, 4.69) is 10.6 Å². The van der Waals surface area contributed by atoms with Gasteiger partial charge in [0.1, 0.15) is 0 Å². The molecule has 1 heterocycles. The minimum Gasteiger partial charge on any atom is -0.466 e. The average molecular weight is 172 g/mol. The molecule has 0 aliphatic carbocycles. The molecule has 1 rings (SSSR count). The fraction of sp³-hybridized carbons (Fsp3) is 0.875. The van der Waals surface area contributed by atoms with Crippen LogP contribution >= 0.6 is 0 Å². The van der Waals surface area contributed by atoms with Crippen LogP contribution in [0, 0.1) is 5.92 Å². The topological polar surface area (TPSA) is 50.4 Å². The zero-order chi connectivity index (χ0) is 8.97. The molecule has 1 aliphatic rings. The molecule has 0 aromatic heterocycles. The summed E-state index contributed by atoms with van der Waals surface area (Å²) in [5.41, 5.74) is 0. The van der Waals surface area contributed by atoms with Crippen LogP contribution in [0.2, 0.25) is 0 Å². The van der Waals surface area contributed by atoms with Gasteiger partial charge in [0.2, 0.25) is 0 Å². The van der Waals surface area contributed by atoms with Crippen LogP contribution in [0.1, 0.15) is 13.8 Å². The van der Waals surface area contributed by atoms with Crippen molar-refractivity contribution in [2.45, 2.75) is 20.0 Å². The van der Waals surface area contributed by atoms with Gasteiger partial charge >= 0.3 is 5.97 Å². The lowest BCUT2D eigenvalue weighted by Crippen LogP contribution is -2.41. The van der Waals surface area contributed by atoms with Gasteiger partial charge in [0, 0.05) is 13.1 Å². The molecular formula is C8H16N2O2. The van der Waals surface area contributed by atoms with E-state index in [1.54, 1.807) is 0 Å². The summed E-state index contributed by atoms with van der Waals surface area (Å²) in [6, 6.07) is 0. The second kappa shape index (κ2) is 4.42. The summed E-state index contributed by atoms with van der Waals surface area (Å²) < 4.78 is 4.90. The molecule has 1 fully saturated rings. The molecule has 2 N–H and O–H groups in total. The van der Waals surface area contributed by atoms with Crippen molar-refractivity contribution in [3.8, 4) is 0 Å². The van der Waals surface area contributed by atoms with E-state index in [0.717, 1.165) is 13.1 Å². The largest absolute Gasteiger partial charge is 0.466 e. The summed E-state index contributed by atoms with van der Waals surface area (Å²) in [5, 5.41) is 6.37. The highest BCUT2D eigenvalue weighted by Gasteiger charge is 2.26. The molecule has 0 radical (unpaired) electrons. The predicted molar refractivity (Wildman–Crippen MR) is 45.6 cm³/mol. The highest BCUT2D eigenvalue weighted by Crippen LogP contribution is 2.05. The quantitative estimate of drug-likeness (QED) is 0.574. The lowest BCUT2D eigenvalue weighted by atomic mass is 10.1. The highest BCUT2D eigenvalue weighted by atomic mass is 16.5. The summed E-state index contributed by atoms with van der Waals surface area (Å²) in [6.07, 6.45) is 0.0871. The van der Waals surface area contributed by atoms with Crippen molar-refractivity contribution >= 4 is 5.97 Å². The zero-order valence-electron chi connectivity index (χ0n) is 7.59. The SMILES string of the molecule is CCOC(=O)C(C)C1NCCN1. The lowest BCUT2D eigenvalue weighted by Gasteiger charge is -2.17. The lowest BCUT2D eigenvalue weighted by molar-refractivity contribution is -0.148. The van der Waals surface area contributed by atoms with Crippen molar-refractivity contribution in [1.29, 1.82) is 0 Å². The first kappa shape index (κ1) is 9.48. The monoisotopic (exact) mass is 172 g/mol. The summed E-state index contributed by atoms with van der Waals surface area (Å²) in [5.74, 6) is -0.239. The molecule has 4 heteroatoms. The van der Waals surface area contributed by atoms with E-state index in [4.69, 9.17) is 4.74 Å². The minimum absolute atomic E-state index is 0.0871. The number of nitrogens with one attached hydrogen (secondary N) is 2. The Kier molecular flexibility index (Phi) is 3.49. The zero-order valence-corrected chi connectivity index (χ0v) is 7.59. The van der Waals surface area contributed by atoms with E-state index in [9.17, 15) is 4.79 Å². The van der Waals surface area contributed by atoms with E-state index >= 15 is 0 Å². The van der Waals surface area contributed by atoms with E-state index in [-0.39, 0.29) is 18.1 Å². The van der Waals surface area contributed by atoms with E-state index < -0.39 is 0 Å². The van der Waals surface area contributed by atoms with Gasteiger partial charge in [-0.15, -0.1) is 0 Å². The Morgan fingerprint density at radius 3 is 2.67 bits per heavy atom. The molecule has 0 aromatic carbocycles. The molecule has 1 aliphatic heterocycles. The number of hydrogen-bond donors (Lipinski definition) is 2. The average Bonchev–Trinajstić information content (AvgIpc) is 2.55. The van der Waals surface area contributed by atoms with Crippen LogP contribution in [0.4, 0.5) is 0 Å². The molecule has 0 aromatic rings. The third kappa shape index (κ3) is 2.19. The van der Waals surface area contributed by atoms with Gasteiger partial charge in [-0.3, -0.25) is 15.4 Å². The van der Waals surface area contributed by atoms with Gasteiger partial charge in [-0.25, -0.2) is 0 Å². The normalized spacial score (nSPS) is 20.8. The van der Waals surface area contributed by atoms with Crippen molar-refractivity contribution in [1.82, 2.24) is 10.6 Å². The van der Waals surface area contributed by atoms with Crippen LogP contribution in [-0.2, 0) is 9.53 Å². The maximum absolute atomic E-state index is 11.2. The van der Waals surface area contributed by atoms with Crippen molar-refractivity contribution in [2.24, 2.45) is 5.92 Å². The maximum atomic E-state index is 11.2. The van der Waals surface area contributed by atoms with Gasteiger partial charge in [0.05, 0.1) is 18.7 Å². The van der Waals surface area contributed by atoms with Gasteiger partial charge in [-0.05, 0) is 13.8 Å². The molecule has 0 saturated carbocycles. The van der Waals surface area contributed by atoms with Gasteiger partial charge in [0.25, 0.3) is 0 Å². The van der Waals surface area contributed by atoms with Crippen LogP contribution in [-0.4, -0.2) is 31.8 Å². The number of rotatable bonds is 3. The van der Waals surface area contributed by atoms with E-state index in [0.29, 0.717) is 6.61 Å². The summed E-state index contributed by atoms with van der Waals surface area (Å²) in [7, 11) is 0. The molecule has 70 valence electrons. The Morgan fingerprint density at radius 1 is 1.58 bits per heavy atom. The Balaban J connectivity index is 2.34. The molecular weight excluding hydrogens is 156 g/mol. The first-order chi connectivity index (χ1) is 5.75. The molecule has 4 nitrogen and oxygen atoms in total. The summed E-state index contributed by atoms with van der Waals surface area (Å²) >= 11 is 0. The number of carbonyl (C=O) groups excluding carboxylic acids is 1. The summed E-state index contributed by atoms with van der Waals surface area (Å²) in [4.78, 5) is 11.2. The molecule has 12 heavy (non-hydrogen) atoms. The standard InChI is InChI=1S/C8H16N2O2/c1-3-12-8(11)6(2)7-9-4-5-10-7/h6-7,9-10H,3-5H2,1-2H3. The molecule has 0 spiro atoms. The summed E-state index contributed by atoms with van der Waals surface area (Å²) in [6.45, 7) is 5.99. The highest BCUT2D eigenvalue weighted by molar-refractivity contribution is 5.72. The number of esters is 1. The first-order valence-electron chi connectivity index (χ1n) is 4.39. The van der Waals surface area contributed by atoms with Crippen molar-refractivity contribution in [3.63, 3.8) is 0 Å². The Labute approximate surface area is 72.7 Å². The van der Waals surface area contributed by atoms with Crippen molar-refractivity contribution in [3.05, 3.63) is 0 Å². The molecule has 0 amide bonds.